The van der Waals surface area contributed by atoms with Crippen LogP contribution >= 0.6 is 0 Å². The molecule has 0 spiro atoms. The molecule has 0 aliphatic heterocycles. The van der Waals surface area contributed by atoms with Gasteiger partial charge in [-0.3, -0.25) is 4.79 Å². The van der Waals surface area contributed by atoms with Crippen molar-refractivity contribution in [1.29, 1.82) is 0 Å². The number of carbonyl (C=O) groups is 1. The van der Waals surface area contributed by atoms with E-state index in [-0.39, 0.29) is 5.91 Å². The first-order valence-electron chi connectivity index (χ1n) is 7.82. The molecule has 1 fully saturated rings. The average Bonchev–Trinajstić information content (AvgIpc) is 3.08. The Kier molecular flexibility index (Phi) is 4.42. The van der Waals surface area contributed by atoms with E-state index in [1.165, 1.54) is 12.8 Å². The van der Waals surface area contributed by atoms with Gasteiger partial charge in [-0.05, 0) is 36.6 Å². The molecule has 114 valence electrons. The van der Waals surface area contributed by atoms with E-state index < -0.39 is 0 Å². The molecule has 0 heterocycles. The van der Waals surface area contributed by atoms with Gasteiger partial charge in [-0.1, -0.05) is 43.2 Å². The zero-order valence-corrected chi connectivity index (χ0v) is 12.8. The first-order chi connectivity index (χ1) is 10.8. The molecule has 0 radical (unpaired) electrons. The second-order valence-electron chi connectivity index (χ2n) is 5.73. The lowest BCUT2D eigenvalue weighted by atomic mass is 10.0. The Morgan fingerprint density at radius 2 is 1.73 bits per heavy atom. The van der Waals surface area contributed by atoms with E-state index in [2.05, 4.69) is 5.32 Å². The SMILES string of the molecule is COc1ccccc1-c1ccc(C(=O)NC2CCCC2)cc1. The van der Waals surface area contributed by atoms with Crippen LogP contribution in [0.5, 0.6) is 5.75 Å². The maximum absolute atomic E-state index is 12.2. The molecule has 1 aliphatic rings. The summed E-state index contributed by atoms with van der Waals surface area (Å²) in [6, 6.07) is 16.0. The maximum Gasteiger partial charge on any atom is 0.251 e. The highest BCUT2D eigenvalue weighted by atomic mass is 16.5. The van der Waals surface area contributed by atoms with Crippen molar-refractivity contribution in [2.45, 2.75) is 31.7 Å². The number of benzene rings is 2. The molecule has 0 atom stereocenters. The van der Waals surface area contributed by atoms with E-state index in [0.29, 0.717) is 11.6 Å². The van der Waals surface area contributed by atoms with E-state index in [4.69, 9.17) is 4.74 Å². The number of hydrogen-bond acceptors (Lipinski definition) is 2. The molecule has 1 amide bonds. The molecule has 2 aromatic rings. The van der Waals surface area contributed by atoms with Crippen molar-refractivity contribution >= 4 is 5.91 Å². The van der Waals surface area contributed by atoms with Gasteiger partial charge in [0.2, 0.25) is 0 Å². The summed E-state index contributed by atoms with van der Waals surface area (Å²) in [7, 11) is 1.67. The van der Waals surface area contributed by atoms with Crippen molar-refractivity contribution < 1.29 is 9.53 Å². The van der Waals surface area contributed by atoms with Gasteiger partial charge in [-0.2, -0.15) is 0 Å². The van der Waals surface area contributed by atoms with Crippen molar-refractivity contribution in [3.8, 4) is 16.9 Å². The highest BCUT2D eigenvalue weighted by Crippen LogP contribution is 2.29. The van der Waals surface area contributed by atoms with Crippen LogP contribution in [0.15, 0.2) is 48.5 Å². The van der Waals surface area contributed by atoms with E-state index >= 15 is 0 Å². The number of hydrogen-bond donors (Lipinski definition) is 1. The topological polar surface area (TPSA) is 38.3 Å². The fraction of sp³-hybridized carbons (Fsp3) is 0.316. The zero-order valence-electron chi connectivity index (χ0n) is 12.8. The minimum Gasteiger partial charge on any atom is -0.496 e. The van der Waals surface area contributed by atoms with Crippen LogP contribution in [-0.2, 0) is 0 Å². The minimum absolute atomic E-state index is 0.0264. The molecule has 2 aromatic carbocycles. The number of nitrogens with one attached hydrogen (secondary N) is 1. The summed E-state index contributed by atoms with van der Waals surface area (Å²) in [6.07, 6.45) is 4.64. The monoisotopic (exact) mass is 295 g/mol. The molecule has 0 bridgehead atoms. The fourth-order valence-corrected chi connectivity index (χ4v) is 3.02. The molecular weight excluding hydrogens is 274 g/mol. The summed E-state index contributed by atoms with van der Waals surface area (Å²) < 4.78 is 5.39. The molecule has 22 heavy (non-hydrogen) atoms. The third-order valence-corrected chi connectivity index (χ3v) is 4.26. The van der Waals surface area contributed by atoms with Crippen molar-refractivity contribution in [2.75, 3.05) is 7.11 Å². The van der Waals surface area contributed by atoms with E-state index in [0.717, 1.165) is 29.7 Å². The van der Waals surface area contributed by atoms with Gasteiger partial charge in [-0.15, -0.1) is 0 Å². The number of rotatable bonds is 4. The molecular formula is C19H21NO2. The Balaban J connectivity index is 1.76. The van der Waals surface area contributed by atoms with Gasteiger partial charge in [0.1, 0.15) is 5.75 Å². The van der Waals surface area contributed by atoms with Crippen LogP contribution in [0.25, 0.3) is 11.1 Å². The van der Waals surface area contributed by atoms with Crippen LogP contribution in [0.4, 0.5) is 0 Å². The van der Waals surface area contributed by atoms with Gasteiger partial charge in [0.05, 0.1) is 7.11 Å². The molecule has 1 saturated carbocycles. The summed E-state index contributed by atoms with van der Waals surface area (Å²) >= 11 is 0. The Morgan fingerprint density at radius 1 is 1.05 bits per heavy atom. The number of amides is 1. The molecule has 0 aromatic heterocycles. The maximum atomic E-state index is 12.2. The van der Waals surface area contributed by atoms with Crippen molar-refractivity contribution in [3.05, 3.63) is 54.1 Å². The van der Waals surface area contributed by atoms with Crippen molar-refractivity contribution in [2.24, 2.45) is 0 Å². The largest absolute Gasteiger partial charge is 0.496 e. The summed E-state index contributed by atoms with van der Waals surface area (Å²) in [5.41, 5.74) is 2.80. The number of methoxy groups -OCH3 is 1. The Morgan fingerprint density at radius 3 is 2.41 bits per heavy atom. The molecule has 3 nitrogen and oxygen atoms in total. The van der Waals surface area contributed by atoms with E-state index in [1.807, 2.05) is 48.5 Å². The van der Waals surface area contributed by atoms with E-state index in [1.54, 1.807) is 7.11 Å². The number of ether oxygens (including phenoxy) is 1. The first kappa shape index (κ1) is 14.6. The second-order valence-corrected chi connectivity index (χ2v) is 5.73. The van der Waals surface area contributed by atoms with Gasteiger partial charge in [-0.25, -0.2) is 0 Å². The van der Waals surface area contributed by atoms with Crippen LogP contribution < -0.4 is 10.1 Å². The summed E-state index contributed by atoms with van der Waals surface area (Å²) in [4.78, 5) is 12.2. The number of para-hydroxylation sites is 1. The highest BCUT2D eigenvalue weighted by Gasteiger charge is 2.17. The summed E-state index contributed by atoms with van der Waals surface area (Å²) in [5, 5.41) is 3.11. The lowest BCUT2D eigenvalue weighted by Crippen LogP contribution is -2.32. The molecule has 1 aliphatic carbocycles. The standard InChI is InChI=1S/C19H21NO2/c1-22-18-9-5-4-8-17(18)14-10-12-15(13-11-14)19(21)20-16-6-2-3-7-16/h4-5,8-13,16H,2-3,6-7H2,1H3,(H,20,21). The predicted octanol–water partition coefficient (Wildman–Crippen LogP) is 4.03. The van der Waals surface area contributed by atoms with Crippen LogP contribution in [0.2, 0.25) is 0 Å². The van der Waals surface area contributed by atoms with Gasteiger partial charge < -0.3 is 10.1 Å². The van der Waals surface area contributed by atoms with Crippen LogP contribution in [0.1, 0.15) is 36.0 Å². The van der Waals surface area contributed by atoms with Crippen molar-refractivity contribution in [1.82, 2.24) is 5.32 Å². The Hall–Kier alpha value is -2.29. The second kappa shape index (κ2) is 6.65. The third-order valence-electron chi connectivity index (χ3n) is 4.26. The molecule has 3 rings (SSSR count). The lowest BCUT2D eigenvalue weighted by molar-refractivity contribution is 0.0938. The van der Waals surface area contributed by atoms with Crippen molar-refractivity contribution in [3.63, 3.8) is 0 Å². The quantitative estimate of drug-likeness (QED) is 0.924. The fourth-order valence-electron chi connectivity index (χ4n) is 3.02. The minimum atomic E-state index is 0.0264. The predicted molar refractivity (Wildman–Crippen MR) is 88.2 cm³/mol. The number of carbonyl (C=O) groups excluding carboxylic acids is 1. The smallest absolute Gasteiger partial charge is 0.251 e. The molecule has 1 N–H and O–H groups in total. The Bertz CT molecular complexity index is 643. The first-order valence-corrected chi connectivity index (χ1v) is 7.82. The van der Waals surface area contributed by atoms with Crippen LogP contribution in [0.3, 0.4) is 0 Å². The summed E-state index contributed by atoms with van der Waals surface area (Å²) in [6.45, 7) is 0. The molecule has 3 heteroatoms. The zero-order chi connectivity index (χ0) is 15.4. The normalized spacial score (nSPS) is 14.8. The average molecular weight is 295 g/mol. The van der Waals surface area contributed by atoms with E-state index in [9.17, 15) is 4.79 Å². The molecule has 0 unspecified atom stereocenters. The van der Waals surface area contributed by atoms with Crippen LogP contribution in [-0.4, -0.2) is 19.1 Å². The molecule has 0 saturated heterocycles. The Labute approximate surface area is 131 Å². The van der Waals surface area contributed by atoms with Gasteiger partial charge in [0.15, 0.2) is 0 Å². The van der Waals surface area contributed by atoms with Gasteiger partial charge in [0, 0.05) is 17.2 Å². The lowest BCUT2D eigenvalue weighted by Gasteiger charge is -2.12. The van der Waals surface area contributed by atoms with Gasteiger partial charge >= 0.3 is 0 Å². The highest BCUT2D eigenvalue weighted by molar-refractivity contribution is 5.95. The summed E-state index contributed by atoms with van der Waals surface area (Å²) in [5.74, 6) is 0.865. The van der Waals surface area contributed by atoms with Gasteiger partial charge in [0.25, 0.3) is 5.91 Å². The van der Waals surface area contributed by atoms with Crippen LogP contribution in [0, 0.1) is 0 Å². The third kappa shape index (κ3) is 3.14.